The van der Waals surface area contributed by atoms with Crippen LogP contribution in [0.5, 0.6) is 0 Å². The maximum absolute atomic E-state index is 12.1. The summed E-state index contributed by atoms with van der Waals surface area (Å²) in [5, 5.41) is 14.3. The number of likely N-dealkylation sites (N-methyl/N-ethyl adjacent to an activating group) is 1. The molecule has 1 saturated carbocycles. The van der Waals surface area contributed by atoms with Gasteiger partial charge in [-0.2, -0.15) is 0 Å². The quantitative estimate of drug-likeness (QED) is 0.901. The Hall–Kier alpha value is -1.56. The van der Waals surface area contributed by atoms with Crippen molar-refractivity contribution in [3.8, 4) is 0 Å². The topological polar surface area (TPSA) is 69.8 Å². The molecule has 2 aliphatic rings. The van der Waals surface area contributed by atoms with Gasteiger partial charge in [0.1, 0.15) is 0 Å². The zero-order valence-electron chi connectivity index (χ0n) is 12.0. The van der Waals surface area contributed by atoms with Crippen LogP contribution >= 0.6 is 0 Å². The van der Waals surface area contributed by atoms with Gasteiger partial charge in [0, 0.05) is 19.0 Å². The van der Waals surface area contributed by atoms with Gasteiger partial charge in [-0.25, -0.2) is 9.69 Å². The molecule has 2 amide bonds. The molecule has 0 spiro atoms. The molecular weight excluding hydrogens is 258 g/mol. The molecule has 0 aromatic carbocycles. The van der Waals surface area contributed by atoms with Crippen molar-refractivity contribution >= 4 is 11.9 Å². The fraction of sp³-hybridized carbons (Fsp3) is 0.714. The molecule has 1 aliphatic carbocycles. The summed E-state index contributed by atoms with van der Waals surface area (Å²) in [4.78, 5) is 14.9. The number of urea groups is 1. The van der Waals surface area contributed by atoms with Crippen LogP contribution in [-0.4, -0.2) is 40.5 Å². The lowest BCUT2D eigenvalue weighted by Crippen LogP contribution is -2.35. The van der Waals surface area contributed by atoms with Crippen molar-refractivity contribution in [3.63, 3.8) is 0 Å². The van der Waals surface area contributed by atoms with Crippen LogP contribution in [0.3, 0.4) is 0 Å². The van der Waals surface area contributed by atoms with Crippen LogP contribution in [0.4, 0.5) is 10.7 Å². The fourth-order valence-electron chi connectivity index (χ4n) is 3.08. The van der Waals surface area contributed by atoms with Gasteiger partial charge in [0.2, 0.25) is 5.88 Å². The second-order valence-electron chi connectivity index (χ2n) is 5.84. The highest BCUT2D eigenvalue weighted by atomic mass is 16.5. The summed E-state index contributed by atoms with van der Waals surface area (Å²) in [5.74, 6) is 0.769. The van der Waals surface area contributed by atoms with Crippen molar-refractivity contribution in [2.45, 2.75) is 57.2 Å². The minimum atomic E-state index is -0.889. The van der Waals surface area contributed by atoms with Gasteiger partial charge in [-0.05, 0) is 19.8 Å². The smallest absolute Gasteiger partial charge is 0.329 e. The molecule has 2 heterocycles. The summed E-state index contributed by atoms with van der Waals surface area (Å²) in [7, 11) is 1.68. The molecule has 6 nitrogen and oxygen atoms in total. The zero-order chi connectivity index (χ0) is 14.3. The molecule has 20 heavy (non-hydrogen) atoms. The van der Waals surface area contributed by atoms with E-state index in [0.717, 1.165) is 18.5 Å². The molecule has 6 heteroatoms. The second kappa shape index (κ2) is 5.09. The maximum Gasteiger partial charge on any atom is 0.329 e. The first-order valence-electron chi connectivity index (χ1n) is 7.30. The van der Waals surface area contributed by atoms with Gasteiger partial charge >= 0.3 is 6.03 Å². The average molecular weight is 279 g/mol. The Morgan fingerprint density at radius 1 is 1.35 bits per heavy atom. The lowest BCUT2D eigenvalue weighted by Gasteiger charge is -2.18. The first-order chi connectivity index (χ1) is 9.59. The van der Waals surface area contributed by atoms with E-state index in [0.29, 0.717) is 11.8 Å². The monoisotopic (exact) mass is 279 g/mol. The lowest BCUT2D eigenvalue weighted by atomic mass is 9.87. The normalized spacial score (nSPS) is 28.4. The van der Waals surface area contributed by atoms with Crippen molar-refractivity contribution in [3.05, 3.63) is 11.8 Å². The van der Waals surface area contributed by atoms with Crippen molar-refractivity contribution in [2.75, 3.05) is 11.9 Å². The van der Waals surface area contributed by atoms with E-state index in [1.165, 1.54) is 29.1 Å². The van der Waals surface area contributed by atoms with Crippen LogP contribution < -0.4 is 4.90 Å². The van der Waals surface area contributed by atoms with Crippen LogP contribution in [0, 0.1) is 0 Å². The minimum Gasteiger partial charge on any atom is -0.371 e. The minimum absolute atomic E-state index is 0.253. The number of aliphatic hydroxyl groups is 1. The Kier molecular flexibility index (Phi) is 3.41. The summed E-state index contributed by atoms with van der Waals surface area (Å²) in [6.07, 6.45) is 5.08. The van der Waals surface area contributed by atoms with Crippen LogP contribution in [0.1, 0.15) is 50.6 Å². The van der Waals surface area contributed by atoms with Gasteiger partial charge in [-0.3, -0.25) is 0 Å². The van der Waals surface area contributed by atoms with E-state index in [4.69, 9.17) is 4.52 Å². The van der Waals surface area contributed by atoms with Crippen molar-refractivity contribution in [1.29, 1.82) is 0 Å². The van der Waals surface area contributed by atoms with Crippen molar-refractivity contribution in [2.24, 2.45) is 0 Å². The van der Waals surface area contributed by atoms with Gasteiger partial charge in [-0.15, -0.1) is 0 Å². The molecule has 0 radical (unpaired) electrons. The van der Waals surface area contributed by atoms with Crippen molar-refractivity contribution < 1.29 is 14.4 Å². The van der Waals surface area contributed by atoms with Gasteiger partial charge in [0.15, 0.2) is 6.23 Å². The molecule has 1 aromatic heterocycles. The van der Waals surface area contributed by atoms with Gasteiger partial charge in [-0.1, -0.05) is 24.4 Å². The first-order valence-corrected chi connectivity index (χ1v) is 7.30. The number of amides is 2. The average Bonchev–Trinajstić information content (AvgIpc) is 3.02. The summed E-state index contributed by atoms with van der Waals surface area (Å²) < 4.78 is 5.31. The highest BCUT2D eigenvalue weighted by Gasteiger charge is 2.43. The van der Waals surface area contributed by atoms with Gasteiger partial charge in [0.05, 0.1) is 11.7 Å². The molecule has 1 N–H and O–H groups in total. The molecule has 2 atom stereocenters. The Balaban J connectivity index is 1.81. The van der Waals surface area contributed by atoms with Crippen LogP contribution in [0.2, 0.25) is 0 Å². The molecule has 2 fully saturated rings. The number of aromatic nitrogens is 1. The third-order valence-electron chi connectivity index (χ3n) is 4.59. The van der Waals surface area contributed by atoms with Gasteiger partial charge < -0.3 is 14.5 Å². The molecule has 1 saturated heterocycles. The predicted octanol–water partition coefficient (Wildman–Crippen LogP) is 2.30. The number of aliphatic hydroxyl groups excluding tert-OH is 1. The lowest BCUT2D eigenvalue weighted by molar-refractivity contribution is 0.135. The molecular formula is C14H21N3O3. The highest BCUT2D eigenvalue weighted by Crippen LogP contribution is 2.35. The number of anilines is 1. The van der Waals surface area contributed by atoms with Crippen molar-refractivity contribution in [1.82, 2.24) is 10.1 Å². The molecule has 0 bridgehead atoms. The predicted molar refractivity (Wildman–Crippen MR) is 73.4 cm³/mol. The van der Waals surface area contributed by atoms with E-state index < -0.39 is 6.23 Å². The molecule has 1 aromatic rings. The van der Waals surface area contributed by atoms with E-state index in [1.54, 1.807) is 14.0 Å². The molecule has 2 unspecified atom stereocenters. The summed E-state index contributed by atoms with van der Waals surface area (Å²) in [6.45, 7) is 1.81. The molecule has 1 aliphatic heterocycles. The fourth-order valence-corrected chi connectivity index (χ4v) is 3.08. The SMILES string of the molecule is CC1C(O)N(c2cc(C3CCCCC3)no2)C(=O)N1C. The highest BCUT2D eigenvalue weighted by molar-refractivity contribution is 5.93. The third kappa shape index (κ3) is 2.08. The summed E-state index contributed by atoms with van der Waals surface area (Å²) >= 11 is 0. The van der Waals surface area contributed by atoms with Crippen LogP contribution in [0.15, 0.2) is 10.6 Å². The van der Waals surface area contributed by atoms with E-state index in [9.17, 15) is 9.90 Å². The summed E-state index contributed by atoms with van der Waals surface area (Å²) in [6, 6.07) is 1.30. The Labute approximate surface area is 118 Å². The van der Waals surface area contributed by atoms with E-state index in [-0.39, 0.29) is 12.1 Å². The largest absolute Gasteiger partial charge is 0.371 e. The number of hydrogen-bond acceptors (Lipinski definition) is 4. The zero-order valence-corrected chi connectivity index (χ0v) is 12.0. The first kappa shape index (κ1) is 13.4. The Morgan fingerprint density at radius 2 is 2.05 bits per heavy atom. The number of carbonyl (C=O) groups excluding carboxylic acids is 1. The summed E-state index contributed by atoms with van der Waals surface area (Å²) in [5.41, 5.74) is 0.905. The van der Waals surface area contributed by atoms with Gasteiger partial charge in [0.25, 0.3) is 0 Å². The van der Waals surface area contributed by atoms with E-state index in [2.05, 4.69) is 5.16 Å². The Bertz CT molecular complexity index is 496. The number of carbonyl (C=O) groups is 1. The number of hydrogen-bond donors (Lipinski definition) is 1. The van der Waals surface area contributed by atoms with Crippen LogP contribution in [0.25, 0.3) is 0 Å². The molecule has 3 rings (SSSR count). The standard InChI is InChI=1S/C14H21N3O3/c1-9-13(18)17(14(19)16(9)2)12-8-11(15-20-12)10-6-4-3-5-7-10/h8-10,13,18H,3-7H2,1-2H3. The maximum atomic E-state index is 12.1. The molecule has 110 valence electrons. The number of rotatable bonds is 2. The third-order valence-corrected chi connectivity index (χ3v) is 4.59. The van der Waals surface area contributed by atoms with E-state index >= 15 is 0 Å². The second-order valence-corrected chi connectivity index (χ2v) is 5.84. The van der Waals surface area contributed by atoms with Crippen LogP contribution in [-0.2, 0) is 0 Å². The number of nitrogens with zero attached hydrogens (tertiary/aromatic N) is 3. The van der Waals surface area contributed by atoms with E-state index in [1.807, 2.05) is 6.07 Å². The Morgan fingerprint density at radius 3 is 2.65 bits per heavy atom.